The summed E-state index contributed by atoms with van der Waals surface area (Å²) in [5, 5.41) is 4.59. The molecule has 9 rings (SSSR count). The van der Waals surface area contributed by atoms with Crippen LogP contribution in [0.2, 0.25) is 0 Å². The van der Waals surface area contributed by atoms with Gasteiger partial charge < -0.3 is 9.13 Å². The zero-order chi connectivity index (χ0) is 32.2. The van der Waals surface area contributed by atoms with E-state index in [-0.39, 0.29) is 0 Å². The van der Waals surface area contributed by atoms with Crippen molar-refractivity contribution in [3.8, 4) is 33.6 Å². The van der Waals surface area contributed by atoms with E-state index in [1.54, 1.807) is 6.20 Å². The summed E-state index contributed by atoms with van der Waals surface area (Å²) in [6, 6.07) is 47.3. The number of aromatic nitrogens is 3. The van der Waals surface area contributed by atoms with Crippen LogP contribution in [0.15, 0.2) is 152 Å². The van der Waals surface area contributed by atoms with Gasteiger partial charge in [0.2, 0.25) is 5.69 Å². The second kappa shape index (κ2) is 10.8. The molecular formula is C43H25N5. The van der Waals surface area contributed by atoms with Crippen LogP contribution in [0.25, 0.3) is 86.9 Å². The Morgan fingerprint density at radius 1 is 0.438 bits per heavy atom. The lowest BCUT2D eigenvalue weighted by Gasteiger charge is -2.19. The van der Waals surface area contributed by atoms with E-state index in [0.29, 0.717) is 11.4 Å². The number of para-hydroxylation sites is 5. The van der Waals surface area contributed by atoms with Gasteiger partial charge in [0.1, 0.15) is 0 Å². The SMILES string of the molecule is [C-]#[N+]c1cccc(-n2c3ccccc3c3ccccc32)c1-c1cccc(-c2ccncc2-n2c3ccccc3c3ccccc32)c1[N+]#[C-]. The molecule has 48 heavy (non-hydrogen) atoms. The van der Waals surface area contributed by atoms with Gasteiger partial charge in [0.25, 0.3) is 0 Å². The van der Waals surface area contributed by atoms with Crippen molar-refractivity contribution in [2.75, 3.05) is 0 Å². The molecule has 0 aliphatic rings. The maximum Gasteiger partial charge on any atom is 0.201 e. The highest BCUT2D eigenvalue weighted by atomic mass is 15.0. The Morgan fingerprint density at radius 3 is 1.48 bits per heavy atom. The first-order chi connectivity index (χ1) is 23.8. The van der Waals surface area contributed by atoms with Crippen molar-refractivity contribution in [1.82, 2.24) is 14.1 Å². The molecule has 0 amide bonds. The van der Waals surface area contributed by atoms with E-state index in [0.717, 1.165) is 77.2 Å². The average Bonchev–Trinajstić information content (AvgIpc) is 3.67. The van der Waals surface area contributed by atoms with Crippen LogP contribution in [0.3, 0.4) is 0 Å². The van der Waals surface area contributed by atoms with Gasteiger partial charge in [-0.3, -0.25) is 4.98 Å². The molecule has 5 nitrogen and oxygen atoms in total. The Bertz CT molecular complexity index is 2710. The van der Waals surface area contributed by atoms with Crippen LogP contribution >= 0.6 is 0 Å². The Hall–Kier alpha value is -6.95. The Morgan fingerprint density at radius 2 is 0.938 bits per heavy atom. The molecule has 0 saturated carbocycles. The van der Waals surface area contributed by atoms with Crippen LogP contribution in [0.1, 0.15) is 0 Å². The standard InChI is InChI=1S/C43H25N5/c1-44-35-19-12-24-40(47-36-20-7-3-13-28(36)29-14-4-8-21-37(29)47)42(35)34-18-11-17-33(43(34)45-2)32-25-26-46-27-41(32)48-38-22-9-5-15-30(38)31-16-6-10-23-39(31)48/h3-27H. The minimum absolute atomic E-state index is 0.490. The molecule has 5 heteroatoms. The van der Waals surface area contributed by atoms with Crippen molar-refractivity contribution in [3.63, 3.8) is 0 Å². The normalized spacial score (nSPS) is 11.3. The summed E-state index contributed by atoms with van der Waals surface area (Å²) >= 11 is 0. The minimum Gasteiger partial charge on any atom is -0.310 e. The third-order valence-electron chi connectivity index (χ3n) is 9.29. The van der Waals surface area contributed by atoms with Gasteiger partial charge in [0, 0.05) is 39.0 Å². The zero-order valence-corrected chi connectivity index (χ0v) is 25.7. The maximum atomic E-state index is 8.58. The van der Waals surface area contributed by atoms with E-state index in [9.17, 15) is 0 Å². The van der Waals surface area contributed by atoms with Gasteiger partial charge in [-0.2, -0.15) is 0 Å². The van der Waals surface area contributed by atoms with E-state index < -0.39 is 0 Å². The van der Waals surface area contributed by atoms with Gasteiger partial charge in [-0.25, -0.2) is 9.69 Å². The van der Waals surface area contributed by atoms with Crippen molar-refractivity contribution in [2.24, 2.45) is 0 Å². The van der Waals surface area contributed by atoms with Gasteiger partial charge in [0.15, 0.2) is 5.69 Å². The molecule has 0 fully saturated rings. The highest BCUT2D eigenvalue weighted by Gasteiger charge is 2.23. The number of nitrogens with zero attached hydrogens (tertiary/aromatic N) is 5. The molecule has 3 heterocycles. The fraction of sp³-hybridized carbons (Fsp3) is 0. The number of hydrogen-bond acceptors (Lipinski definition) is 1. The number of pyridine rings is 1. The van der Waals surface area contributed by atoms with Crippen LogP contribution in [0, 0.1) is 13.1 Å². The van der Waals surface area contributed by atoms with E-state index in [1.807, 2.05) is 54.7 Å². The first kappa shape index (κ1) is 27.4. The Kier molecular flexibility index (Phi) is 6.18. The lowest BCUT2D eigenvalue weighted by atomic mass is 9.93. The third kappa shape index (κ3) is 3.92. The molecule has 0 aliphatic heterocycles. The van der Waals surface area contributed by atoms with E-state index in [1.165, 1.54) is 0 Å². The van der Waals surface area contributed by atoms with Gasteiger partial charge in [-0.05, 0) is 53.1 Å². The molecule has 222 valence electrons. The van der Waals surface area contributed by atoms with Crippen molar-refractivity contribution in [1.29, 1.82) is 0 Å². The molecule has 0 bridgehead atoms. The summed E-state index contributed by atoms with van der Waals surface area (Å²) in [7, 11) is 0. The number of fused-ring (bicyclic) bond motifs is 6. The summed E-state index contributed by atoms with van der Waals surface area (Å²) in [4.78, 5) is 12.8. The second-order valence-corrected chi connectivity index (χ2v) is 11.7. The fourth-order valence-corrected chi connectivity index (χ4v) is 7.32. The average molecular weight is 612 g/mol. The molecule has 6 aromatic carbocycles. The first-order valence-corrected chi connectivity index (χ1v) is 15.7. The topological polar surface area (TPSA) is 31.5 Å². The molecule has 9 aromatic rings. The minimum atomic E-state index is 0.490. The number of hydrogen-bond donors (Lipinski definition) is 0. The molecule has 0 saturated heterocycles. The molecule has 3 aromatic heterocycles. The van der Waals surface area contributed by atoms with Gasteiger partial charge in [-0.15, -0.1) is 0 Å². The summed E-state index contributed by atoms with van der Waals surface area (Å²) in [5.74, 6) is 0. The summed E-state index contributed by atoms with van der Waals surface area (Å²) in [6.07, 6.45) is 3.66. The van der Waals surface area contributed by atoms with Crippen LogP contribution in [-0.4, -0.2) is 14.1 Å². The van der Waals surface area contributed by atoms with Crippen molar-refractivity contribution < 1.29 is 0 Å². The van der Waals surface area contributed by atoms with Crippen LogP contribution in [0.4, 0.5) is 11.4 Å². The van der Waals surface area contributed by atoms with E-state index in [2.05, 4.69) is 115 Å². The maximum absolute atomic E-state index is 8.58. The number of rotatable bonds is 4. The van der Waals surface area contributed by atoms with Gasteiger partial charge >= 0.3 is 0 Å². The fourth-order valence-electron chi connectivity index (χ4n) is 7.32. The Balaban J connectivity index is 1.34. The summed E-state index contributed by atoms with van der Waals surface area (Å²) < 4.78 is 4.47. The molecule has 0 unspecified atom stereocenters. The first-order valence-electron chi connectivity index (χ1n) is 15.7. The smallest absolute Gasteiger partial charge is 0.201 e. The predicted octanol–water partition coefficient (Wildman–Crippen LogP) is 11.7. The molecule has 0 spiro atoms. The van der Waals surface area contributed by atoms with Crippen molar-refractivity contribution >= 4 is 55.0 Å². The molecule has 0 atom stereocenters. The highest BCUT2D eigenvalue weighted by molar-refractivity contribution is 6.12. The zero-order valence-electron chi connectivity index (χ0n) is 25.7. The number of benzene rings is 6. The summed E-state index contributed by atoms with van der Waals surface area (Å²) in [6.45, 7) is 16.8. The van der Waals surface area contributed by atoms with Gasteiger partial charge in [-0.1, -0.05) is 103 Å². The van der Waals surface area contributed by atoms with Crippen molar-refractivity contribution in [2.45, 2.75) is 0 Å². The molecule has 0 radical (unpaired) electrons. The third-order valence-corrected chi connectivity index (χ3v) is 9.29. The molecule has 0 N–H and O–H groups in total. The largest absolute Gasteiger partial charge is 0.310 e. The second-order valence-electron chi connectivity index (χ2n) is 11.7. The van der Waals surface area contributed by atoms with Gasteiger partial charge in [0.05, 0.1) is 47.1 Å². The monoisotopic (exact) mass is 611 g/mol. The molecule has 0 aliphatic carbocycles. The van der Waals surface area contributed by atoms with E-state index >= 15 is 0 Å². The van der Waals surface area contributed by atoms with Crippen LogP contribution in [0.5, 0.6) is 0 Å². The molecular weight excluding hydrogens is 587 g/mol. The van der Waals surface area contributed by atoms with Crippen molar-refractivity contribution in [3.05, 3.63) is 175 Å². The summed E-state index contributed by atoms with van der Waals surface area (Å²) in [5.41, 5.74) is 10.1. The van der Waals surface area contributed by atoms with Crippen LogP contribution in [-0.2, 0) is 0 Å². The lowest BCUT2D eigenvalue weighted by Crippen LogP contribution is -1.99. The predicted molar refractivity (Wildman–Crippen MR) is 196 cm³/mol. The van der Waals surface area contributed by atoms with E-state index in [4.69, 9.17) is 13.1 Å². The van der Waals surface area contributed by atoms with Crippen LogP contribution < -0.4 is 0 Å². The Labute approximate surface area is 276 Å². The highest BCUT2D eigenvalue weighted by Crippen LogP contribution is 2.48. The quantitative estimate of drug-likeness (QED) is 0.182. The lowest BCUT2D eigenvalue weighted by molar-refractivity contribution is 1.14.